The maximum absolute atomic E-state index is 5.25. The Labute approximate surface area is 115 Å². The first-order chi connectivity index (χ1) is 9.10. The van der Waals surface area contributed by atoms with Crippen LogP contribution in [0, 0.1) is 0 Å². The van der Waals surface area contributed by atoms with Crippen LogP contribution in [0.25, 0.3) is 0 Å². The standard InChI is InChI=1S/C14H26N4O/c1-10(2)14-16-13(17-19-14)9-18(4)12-7-5-11(15-3)6-8-12/h10-12,15H,5-9H2,1-4H3. The Hall–Kier alpha value is -0.940. The fourth-order valence-corrected chi connectivity index (χ4v) is 2.72. The number of rotatable bonds is 5. The molecule has 0 aliphatic heterocycles. The van der Waals surface area contributed by atoms with Crippen LogP contribution < -0.4 is 5.32 Å². The molecule has 1 N–H and O–H groups in total. The van der Waals surface area contributed by atoms with Gasteiger partial charge < -0.3 is 9.84 Å². The third-order valence-corrected chi connectivity index (χ3v) is 4.10. The van der Waals surface area contributed by atoms with Gasteiger partial charge in [0, 0.05) is 18.0 Å². The van der Waals surface area contributed by atoms with Crippen LogP contribution in [0.2, 0.25) is 0 Å². The van der Waals surface area contributed by atoms with E-state index >= 15 is 0 Å². The largest absolute Gasteiger partial charge is 0.339 e. The molecule has 1 saturated carbocycles. The molecule has 19 heavy (non-hydrogen) atoms. The Kier molecular flexibility index (Phi) is 4.93. The molecule has 5 nitrogen and oxygen atoms in total. The van der Waals surface area contributed by atoms with Gasteiger partial charge in [0.25, 0.3) is 0 Å². The molecular formula is C14H26N4O. The van der Waals surface area contributed by atoms with Crippen LogP contribution in [0.15, 0.2) is 4.52 Å². The quantitative estimate of drug-likeness (QED) is 0.885. The molecule has 0 saturated heterocycles. The molecule has 108 valence electrons. The van der Waals surface area contributed by atoms with E-state index in [0.29, 0.717) is 18.0 Å². The second kappa shape index (κ2) is 6.48. The molecule has 5 heteroatoms. The van der Waals surface area contributed by atoms with Gasteiger partial charge in [-0.25, -0.2) is 0 Å². The minimum atomic E-state index is 0.303. The van der Waals surface area contributed by atoms with Gasteiger partial charge in [0.2, 0.25) is 5.89 Å². The lowest BCUT2D eigenvalue weighted by atomic mass is 9.90. The van der Waals surface area contributed by atoms with Gasteiger partial charge in [-0.15, -0.1) is 0 Å². The first-order valence-corrected chi connectivity index (χ1v) is 7.30. The highest BCUT2D eigenvalue weighted by Crippen LogP contribution is 2.23. The maximum atomic E-state index is 5.25. The molecule has 1 aromatic rings. The molecule has 0 bridgehead atoms. The van der Waals surface area contributed by atoms with Crippen molar-refractivity contribution >= 4 is 0 Å². The van der Waals surface area contributed by atoms with E-state index in [4.69, 9.17) is 4.52 Å². The van der Waals surface area contributed by atoms with Gasteiger partial charge in [0.05, 0.1) is 6.54 Å². The minimum Gasteiger partial charge on any atom is -0.339 e. The summed E-state index contributed by atoms with van der Waals surface area (Å²) in [6, 6.07) is 1.34. The van der Waals surface area contributed by atoms with Crippen molar-refractivity contribution in [3.8, 4) is 0 Å². The highest BCUT2D eigenvalue weighted by atomic mass is 16.5. The van der Waals surface area contributed by atoms with Crippen LogP contribution in [0.3, 0.4) is 0 Å². The van der Waals surface area contributed by atoms with Crippen LogP contribution in [0.1, 0.15) is 57.2 Å². The topological polar surface area (TPSA) is 54.2 Å². The second-order valence-electron chi connectivity index (χ2n) is 5.91. The zero-order chi connectivity index (χ0) is 13.8. The van der Waals surface area contributed by atoms with Crippen molar-refractivity contribution in [2.75, 3.05) is 14.1 Å². The number of aromatic nitrogens is 2. The lowest BCUT2D eigenvalue weighted by Crippen LogP contribution is -2.39. The lowest BCUT2D eigenvalue weighted by Gasteiger charge is -2.33. The van der Waals surface area contributed by atoms with Crippen LogP contribution in [0.4, 0.5) is 0 Å². The third-order valence-electron chi connectivity index (χ3n) is 4.10. The van der Waals surface area contributed by atoms with Crippen molar-refractivity contribution in [1.29, 1.82) is 0 Å². The van der Waals surface area contributed by atoms with Crippen LogP contribution in [-0.4, -0.2) is 41.2 Å². The molecule has 2 rings (SSSR count). The van der Waals surface area contributed by atoms with E-state index in [2.05, 4.69) is 48.3 Å². The fraction of sp³-hybridized carbons (Fsp3) is 0.857. The summed E-state index contributed by atoms with van der Waals surface area (Å²) in [5.41, 5.74) is 0. The highest BCUT2D eigenvalue weighted by molar-refractivity contribution is 4.91. The second-order valence-corrected chi connectivity index (χ2v) is 5.91. The van der Waals surface area contributed by atoms with E-state index in [9.17, 15) is 0 Å². The van der Waals surface area contributed by atoms with E-state index in [0.717, 1.165) is 18.3 Å². The van der Waals surface area contributed by atoms with E-state index in [1.165, 1.54) is 25.7 Å². The molecule has 1 aliphatic rings. The normalized spacial score (nSPS) is 24.3. The third kappa shape index (κ3) is 3.76. The number of nitrogens with zero attached hydrogens (tertiary/aromatic N) is 3. The summed E-state index contributed by atoms with van der Waals surface area (Å²) in [7, 11) is 4.22. The monoisotopic (exact) mass is 266 g/mol. The Balaban J connectivity index is 1.85. The fourth-order valence-electron chi connectivity index (χ4n) is 2.72. The Morgan fingerprint density at radius 2 is 2.00 bits per heavy atom. The Bertz CT molecular complexity index is 383. The first-order valence-electron chi connectivity index (χ1n) is 7.30. The zero-order valence-corrected chi connectivity index (χ0v) is 12.5. The minimum absolute atomic E-state index is 0.303. The summed E-state index contributed by atoms with van der Waals surface area (Å²) in [5, 5.41) is 7.43. The molecule has 0 unspecified atom stereocenters. The summed E-state index contributed by atoms with van der Waals surface area (Å²) < 4.78 is 5.25. The van der Waals surface area contributed by atoms with Crippen LogP contribution in [0.5, 0.6) is 0 Å². The molecule has 1 aromatic heterocycles. The van der Waals surface area contributed by atoms with Crippen molar-refractivity contribution in [3.05, 3.63) is 11.7 Å². The Morgan fingerprint density at radius 3 is 2.53 bits per heavy atom. The Morgan fingerprint density at radius 1 is 1.32 bits per heavy atom. The van der Waals surface area contributed by atoms with Crippen molar-refractivity contribution in [2.45, 2.75) is 64.1 Å². The first kappa shape index (κ1) is 14.5. The van der Waals surface area contributed by atoms with Gasteiger partial charge in [0.1, 0.15) is 0 Å². The van der Waals surface area contributed by atoms with E-state index < -0.39 is 0 Å². The van der Waals surface area contributed by atoms with Crippen molar-refractivity contribution in [3.63, 3.8) is 0 Å². The van der Waals surface area contributed by atoms with Crippen LogP contribution >= 0.6 is 0 Å². The summed E-state index contributed by atoms with van der Waals surface area (Å²) in [6.45, 7) is 4.92. The van der Waals surface area contributed by atoms with Gasteiger partial charge in [-0.3, -0.25) is 4.90 Å². The van der Waals surface area contributed by atoms with Gasteiger partial charge in [-0.1, -0.05) is 19.0 Å². The molecule has 0 spiro atoms. The molecule has 1 aliphatic carbocycles. The lowest BCUT2D eigenvalue weighted by molar-refractivity contribution is 0.165. The van der Waals surface area contributed by atoms with Gasteiger partial charge >= 0.3 is 0 Å². The predicted molar refractivity (Wildman–Crippen MR) is 75.0 cm³/mol. The SMILES string of the molecule is CNC1CCC(N(C)Cc2noc(C(C)C)n2)CC1. The van der Waals surface area contributed by atoms with Crippen LogP contribution in [-0.2, 0) is 6.54 Å². The van der Waals surface area contributed by atoms with Crippen molar-refractivity contribution < 1.29 is 4.52 Å². The highest BCUT2D eigenvalue weighted by Gasteiger charge is 2.24. The molecular weight excluding hydrogens is 240 g/mol. The zero-order valence-electron chi connectivity index (χ0n) is 12.5. The molecule has 0 atom stereocenters. The average Bonchev–Trinajstić information content (AvgIpc) is 2.87. The van der Waals surface area contributed by atoms with Crippen molar-refractivity contribution in [2.24, 2.45) is 0 Å². The smallest absolute Gasteiger partial charge is 0.229 e. The maximum Gasteiger partial charge on any atom is 0.229 e. The van der Waals surface area contributed by atoms with E-state index in [1.807, 2.05) is 0 Å². The molecule has 0 amide bonds. The molecule has 1 fully saturated rings. The summed E-state index contributed by atoms with van der Waals surface area (Å²) in [5.74, 6) is 1.85. The number of nitrogens with one attached hydrogen (secondary N) is 1. The predicted octanol–water partition coefficient (Wildman–Crippen LogP) is 2.16. The number of hydrogen-bond acceptors (Lipinski definition) is 5. The van der Waals surface area contributed by atoms with E-state index in [-0.39, 0.29) is 0 Å². The van der Waals surface area contributed by atoms with Crippen molar-refractivity contribution in [1.82, 2.24) is 20.4 Å². The summed E-state index contributed by atoms with van der Waals surface area (Å²) in [4.78, 5) is 6.81. The molecule has 0 aromatic carbocycles. The number of hydrogen-bond donors (Lipinski definition) is 1. The van der Waals surface area contributed by atoms with Gasteiger partial charge in [-0.05, 0) is 39.8 Å². The summed E-state index contributed by atoms with van der Waals surface area (Å²) >= 11 is 0. The van der Waals surface area contributed by atoms with Gasteiger partial charge in [0.15, 0.2) is 5.82 Å². The average molecular weight is 266 g/mol. The van der Waals surface area contributed by atoms with E-state index in [1.54, 1.807) is 0 Å². The molecule has 0 radical (unpaired) electrons. The summed E-state index contributed by atoms with van der Waals surface area (Å²) in [6.07, 6.45) is 5.01. The molecule has 1 heterocycles. The van der Waals surface area contributed by atoms with Gasteiger partial charge in [-0.2, -0.15) is 4.98 Å².